The van der Waals surface area contributed by atoms with Gasteiger partial charge in [-0.05, 0) is 40.8 Å². The van der Waals surface area contributed by atoms with Crippen molar-refractivity contribution in [2.45, 2.75) is 25.3 Å². The van der Waals surface area contributed by atoms with E-state index in [0.717, 1.165) is 18.7 Å². The lowest BCUT2D eigenvalue weighted by atomic mass is 9.88. The van der Waals surface area contributed by atoms with Crippen LogP contribution >= 0.6 is 0 Å². The van der Waals surface area contributed by atoms with Crippen molar-refractivity contribution in [1.82, 2.24) is 25.0 Å². The van der Waals surface area contributed by atoms with Gasteiger partial charge in [0.15, 0.2) is 11.5 Å². The summed E-state index contributed by atoms with van der Waals surface area (Å²) in [7, 11) is 0. The normalized spacial score (nSPS) is 17.9. The topological polar surface area (TPSA) is 68.0 Å². The Hall–Kier alpha value is -2.50. The number of fused-ring (bicyclic) bond motifs is 2. The molecule has 1 N–H and O–H groups in total. The number of aryl methyl sites for hydroxylation is 1. The molecule has 0 spiro atoms. The van der Waals surface area contributed by atoms with Gasteiger partial charge in [0, 0.05) is 0 Å². The van der Waals surface area contributed by atoms with Crippen molar-refractivity contribution in [2.75, 3.05) is 5.32 Å². The van der Waals surface area contributed by atoms with Crippen LogP contribution in [-0.2, 0) is 6.42 Å². The molecule has 1 aliphatic carbocycles. The minimum atomic E-state index is 0.288. The molecule has 3 aromatic rings. The quantitative estimate of drug-likeness (QED) is 0.768. The Balaban J connectivity index is 1.72. The molecule has 0 fully saturated rings. The van der Waals surface area contributed by atoms with E-state index < -0.39 is 0 Å². The zero-order valence-electron chi connectivity index (χ0n) is 10.9. The average molecular weight is 266 g/mol. The molecule has 0 bridgehead atoms. The summed E-state index contributed by atoms with van der Waals surface area (Å²) >= 11 is 0. The van der Waals surface area contributed by atoms with Crippen molar-refractivity contribution >= 4 is 11.5 Å². The third-order valence-corrected chi connectivity index (χ3v) is 3.80. The van der Waals surface area contributed by atoms with Gasteiger partial charge in [0.25, 0.3) is 0 Å². The molecule has 0 aliphatic heterocycles. The molecule has 1 unspecified atom stereocenters. The second-order valence-electron chi connectivity index (χ2n) is 5.03. The molecular weight excluding hydrogens is 252 g/mol. The van der Waals surface area contributed by atoms with Crippen LogP contribution in [0.15, 0.2) is 36.7 Å². The van der Waals surface area contributed by atoms with Crippen LogP contribution in [0.1, 0.15) is 30.0 Å². The van der Waals surface area contributed by atoms with Crippen molar-refractivity contribution in [3.05, 3.63) is 47.8 Å². The second-order valence-corrected chi connectivity index (χ2v) is 5.03. The summed E-state index contributed by atoms with van der Waals surface area (Å²) in [6.45, 7) is 0. The van der Waals surface area contributed by atoms with Crippen molar-refractivity contribution in [3.8, 4) is 0 Å². The number of aromatic nitrogens is 5. The van der Waals surface area contributed by atoms with Gasteiger partial charge in [0.2, 0.25) is 0 Å². The highest BCUT2D eigenvalue weighted by atomic mass is 15.5. The molecule has 0 amide bonds. The first-order valence-corrected chi connectivity index (χ1v) is 6.78. The van der Waals surface area contributed by atoms with Crippen molar-refractivity contribution in [3.63, 3.8) is 0 Å². The van der Waals surface area contributed by atoms with E-state index in [-0.39, 0.29) is 6.04 Å². The van der Waals surface area contributed by atoms with Crippen LogP contribution in [0.5, 0.6) is 0 Å². The molecule has 6 nitrogen and oxygen atoms in total. The molecule has 100 valence electrons. The van der Waals surface area contributed by atoms with E-state index in [1.54, 1.807) is 16.9 Å². The Labute approximate surface area is 115 Å². The van der Waals surface area contributed by atoms with Gasteiger partial charge in [0.05, 0.1) is 18.4 Å². The molecule has 4 rings (SSSR count). The van der Waals surface area contributed by atoms with Gasteiger partial charge in [-0.1, -0.05) is 24.3 Å². The van der Waals surface area contributed by atoms with Crippen molar-refractivity contribution in [1.29, 1.82) is 0 Å². The zero-order chi connectivity index (χ0) is 13.4. The lowest BCUT2D eigenvalue weighted by molar-refractivity contribution is 0.595. The van der Waals surface area contributed by atoms with Crippen LogP contribution in [0.3, 0.4) is 0 Å². The Morgan fingerprint density at radius 2 is 2.15 bits per heavy atom. The first-order chi connectivity index (χ1) is 9.92. The molecule has 0 radical (unpaired) electrons. The Kier molecular flexibility index (Phi) is 2.58. The summed E-state index contributed by atoms with van der Waals surface area (Å²) in [6.07, 6.45) is 6.87. The number of rotatable bonds is 2. The molecular formula is C14H14N6. The molecule has 2 aromatic heterocycles. The minimum Gasteiger partial charge on any atom is -0.362 e. The molecule has 1 aromatic carbocycles. The van der Waals surface area contributed by atoms with E-state index >= 15 is 0 Å². The molecule has 0 saturated carbocycles. The summed E-state index contributed by atoms with van der Waals surface area (Å²) in [5.74, 6) is 0.828. The van der Waals surface area contributed by atoms with Crippen LogP contribution in [0.4, 0.5) is 5.82 Å². The molecule has 1 atom stereocenters. The van der Waals surface area contributed by atoms with Crippen molar-refractivity contribution < 1.29 is 0 Å². The average Bonchev–Trinajstić information content (AvgIpc) is 2.97. The van der Waals surface area contributed by atoms with Gasteiger partial charge in [-0.2, -0.15) is 4.52 Å². The molecule has 6 heteroatoms. The summed E-state index contributed by atoms with van der Waals surface area (Å²) in [5.41, 5.74) is 3.44. The molecule has 1 aliphatic rings. The van der Waals surface area contributed by atoms with E-state index in [1.165, 1.54) is 17.5 Å². The number of anilines is 1. The summed E-state index contributed by atoms with van der Waals surface area (Å²) in [4.78, 5) is 4.18. The number of nitrogens with zero attached hydrogens (tertiary/aromatic N) is 5. The maximum atomic E-state index is 4.18. The van der Waals surface area contributed by atoms with Crippen molar-refractivity contribution in [2.24, 2.45) is 0 Å². The highest BCUT2D eigenvalue weighted by Gasteiger charge is 2.20. The molecule has 0 saturated heterocycles. The molecule has 20 heavy (non-hydrogen) atoms. The number of hydrogen-bond acceptors (Lipinski definition) is 5. The Morgan fingerprint density at radius 1 is 1.20 bits per heavy atom. The van der Waals surface area contributed by atoms with E-state index in [1.807, 2.05) is 0 Å². The van der Waals surface area contributed by atoms with Crippen LogP contribution in [0.2, 0.25) is 0 Å². The Morgan fingerprint density at radius 3 is 3.15 bits per heavy atom. The fourth-order valence-corrected chi connectivity index (χ4v) is 2.86. The maximum absolute atomic E-state index is 4.18. The predicted molar refractivity (Wildman–Crippen MR) is 74.3 cm³/mol. The standard InChI is InChI=1S/C14H14N6/c1-2-6-11-10(4-1)5-3-7-12(11)16-13-8-15-9-14-17-18-19-20(13)14/h1-2,4,6,8-9,12,16H,3,5,7H2. The van der Waals surface area contributed by atoms with Gasteiger partial charge in [-0.3, -0.25) is 4.98 Å². The summed E-state index contributed by atoms with van der Waals surface area (Å²) < 4.78 is 1.68. The van der Waals surface area contributed by atoms with Gasteiger partial charge in [-0.25, -0.2) is 0 Å². The van der Waals surface area contributed by atoms with E-state index in [0.29, 0.717) is 5.65 Å². The van der Waals surface area contributed by atoms with Crippen LogP contribution in [0, 0.1) is 0 Å². The smallest absolute Gasteiger partial charge is 0.199 e. The lowest BCUT2D eigenvalue weighted by Gasteiger charge is -2.26. The number of benzene rings is 1. The first kappa shape index (κ1) is 11.3. The summed E-state index contributed by atoms with van der Waals surface area (Å²) in [6, 6.07) is 8.88. The largest absolute Gasteiger partial charge is 0.362 e. The molecule has 2 heterocycles. The van der Waals surface area contributed by atoms with Gasteiger partial charge in [0.1, 0.15) is 0 Å². The fourth-order valence-electron chi connectivity index (χ4n) is 2.86. The second kappa shape index (κ2) is 4.56. The minimum absolute atomic E-state index is 0.288. The number of nitrogens with one attached hydrogen (secondary N) is 1. The van der Waals surface area contributed by atoms with E-state index in [9.17, 15) is 0 Å². The van der Waals surface area contributed by atoms with E-state index in [4.69, 9.17) is 0 Å². The first-order valence-electron chi connectivity index (χ1n) is 6.78. The highest BCUT2D eigenvalue weighted by molar-refractivity contribution is 5.46. The lowest BCUT2D eigenvalue weighted by Crippen LogP contribution is -2.19. The fraction of sp³-hybridized carbons (Fsp3) is 0.286. The summed E-state index contributed by atoms with van der Waals surface area (Å²) in [5, 5.41) is 15.1. The monoisotopic (exact) mass is 266 g/mol. The third-order valence-electron chi connectivity index (χ3n) is 3.80. The number of hydrogen-bond donors (Lipinski definition) is 1. The SMILES string of the molecule is c1ccc2c(c1)CCCC2Nc1cncc2nnnn12. The number of tetrazole rings is 1. The maximum Gasteiger partial charge on any atom is 0.199 e. The zero-order valence-corrected chi connectivity index (χ0v) is 10.9. The van der Waals surface area contributed by atoms with Gasteiger partial charge in [-0.15, -0.1) is 5.10 Å². The van der Waals surface area contributed by atoms with Crippen LogP contribution in [0.25, 0.3) is 5.65 Å². The predicted octanol–water partition coefficient (Wildman–Crippen LogP) is 2.01. The van der Waals surface area contributed by atoms with Gasteiger partial charge >= 0.3 is 0 Å². The van der Waals surface area contributed by atoms with Crippen LogP contribution < -0.4 is 5.32 Å². The third kappa shape index (κ3) is 1.80. The van der Waals surface area contributed by atoms with E-state index in [2.05, 4.69) is 50.1 Å². The van der Waals surface area contributed by atoms with Crippen LogP contribution in [-0.4, -0.2) is 25.0 Å². The highest BCUT2D eigenvalue weighted by Crippen LogP contribution is 2.31. The van der Waals surface area contributed by atoms with Gasteiger partial charge < -0.3 is 5.32 Å². The Bertz CT molecular complexity index is 750.